The van der Waals surface area contributed by atoms with Crippen molar-refractivity contribution in [3.63, 3.8) is 0 Å². The third-order valence-corrected chi connectivity index (χ3v) is 2.45. The predicted molar refractivity (Wildman–Crippen MR) is 53.7 cm³/mol. The maximum absolute atomic E-state index is 11.3. The van der Waals surface area contributed by atoms with Crippen LogP contribution in [0.3, 0.4) is 0 Å². The van der Waals surface area contributed by atoms with Gasteiger partial charge in [0.25, 0.3) is 0 Å². The van der Waals surface area contributed by atoms with Crippen molar-refractivity contribution in [2.75, 3.05) is 20.3 Å². The Labute approximate surface area is 93.3 Å². The lowest BCUT2D eigenvalue weighted by Gasteiger charge is -2.05. The Hall–Kier alpha value is -1.59. The summed E-state index contributed by atoms with van der Waals surface area (Å²) in [5.41, 5.74) is 0. The molecule has 90 valence electrons. The number of hydrogen-bond donors (Lipinski definition) is 1. The second-order valence-electron chi connectivity index (χ2n) is 3.60. The average molecular weight is 229 g/mol. The van der Waals surface area contributed by atoms with E-state index in [-0.39, 0.29) is 30.6 Å². The standard InChI is InChI=1S/C10H15NO5/c1-15-10(14)16-6-8(12)3-2-7-4-5-11-9(7)13/h7H,2-6H2,1H3,(H,11,13)/t7-/m0/s1. The zero-order chi connectivity index (χ0) is 12.0. The van der Waals surface area contributed by atoms with Crippen molar-refractivity contribution in [1.82, 2.24) is 5.32 Å². The Kier molecular flexibility index (Phi) is 4.75. The van der Waals surface area contributed by atoms with Gasteiger partial charge in [-0.25, -0.2) is 4.79 Å². The van der Waals surface area contributed by atoms with Crippen LogP contribution in [0, 0.1) is 5.92 Å². The molecular formula is C10H15NO5. The molecule has 1 aliphatic rings. The number of ketones is 1. The lowest BCUT2D eigenvalue weighted by molar-refractivity contribution is -0.124. The quantitative estimate of drug-likeness (QED) is 0.683. The first-order chi connectivity index (χ1) is 7.63. The van der Waals surface area contributed by atoms with E-state index in [2.05, 4.69) is 14.8 Å². The van der Waals surface area contributed by atoms with E-state index in [1.54, 1.807) is 0 Å². The third-order valence-electron chi connectivity index (χ3n) is 2.45. The highest BCUT2D eigenvalue weighted by Crippen LogP contribution is 2.15. The van der Waals surface area contributed by atoms with Gasteiger partial charge in [-0.15, -0.1) is 0 Å². The van der Waals surface area contributed by atoms with Gasteiger partial charge in [-0.3, -0.25) is 9.59 Å². The van der Waals surface area contributed by atoms with E-state index in [1.165, 1.54) is 7.11 Å². The van der Waals surface area contributed by atoms with Crippen LogP contribution in [0.1, 0.15) is 19.3 Å². The lowest BCUT2D eigenvalue weighted by atomic mass is 10.0. The minimum absolute atomic E-state index is 0.00156. The number of rotatable bonds is 5. The molecule has 1 atom stereocenters. The maximum Gasteiger partial charge on any atom is 0.508 e. The van der Waals surface area contributed by atoms with Crippen LogP contribution in [-0.4, -0.2) is 38.1 Å². The molecule has 16 heavy (non-hydrogen) atoms. The molecule has 0 saturated carbocycles. The van der Waals surface area contributed by atoms with Gasteiger partial charge in [-0.05, 0) is 12.8 Å². The summed E-state index contributed by atoms with van der Waals surface area (Å²) in [6, 6.07) is 0. The summed E-state index contributed by atoms with van der Waals surface area (Å²) in [5, 5.41) is 2.70. The monoisotopic (exact) mass is 229 g/mol. The van der Waals surface area contributed by atoms with Gasteiger partial charge in [0.15, 0.2) is 12.4 Å². The number of methoxy groups -OCH3 is 1. The molecule has 6 heteroatoms. The summed E-state index contributed by atoms with van der Waals surface area (Å²) in [5.74, 6) is -0.283. The SMILES string of the molecule is COC(=O)OCC(=O)CC[C@H]1CCNC1=O. The van der Waals surface area contributed by atoms with Crippen LogP contribution in [0.15, 0.2) is 0 Å². The molecule has 0 unspecified atom stereocenters. The van der Waals surface area contributed by atoms with Gasteiger partial charge in [0, 0.05) is 18.9 Å². The third kappa shape index (κ3) is 3.88. The van der Waals surface area contributed by atoms with E-state index >= 15 is 0 Å². The number of amides is 1. The zero-order valence-electron chi connectivity index (χ0n) is 9.15. The highest BCUT2D eigenvalue weighted by atomic mass is 16.7. The molecule has 0 aliphatic carbocycles. The van der Waals surface area contributed by atoms with Crippen molar-refractivity contribution in [2.24, 2.45) is 5.92 Å². The first-order valence-electron chi connectivity index (χ1n) is 5.13. The molecule has 0 bridgehead atoms. The van der Waals surface area contributed by atoms with Crippen molar-refractivity contribution in [3.8, 4) is 0 Å². The number of ether oxygens (including phenoxy) is 2. The molecule has 1 amide bonds. The van der Waals surface area contributed by atoms with E-state index in [0.29, 0.717) is 13.0 Å². The molecule has 0 radical (unpaired) electrons. The van der Waals surface area contributed by atoms with Crippen LogP contribution in [0.5, 0.6) is 0 Å². The molecule has 1 N–H and O–H groups in total. The largest absolute Gasteiger partial charge is 0.508 e. The fourth-order valence-electron chi connectivity index (χ4n) is 1.53. The second-order valence-corrected chi connectivity index (χ2v) is 3.60. The van der Waals surface area contributed by atoms with Gasteiger partial charge in [0.1, 0.15) is 0 Å². The molecule has 0 aromatic carbocycles. The van der Waals surface area contributed by atoms with Gasteiger partial charge in [-0.1, -0.05) is 0 Å². The minimum Gasteiger partial charge on any atom is -0.438 e. The Morgan fingerprint density at radius 2 is 2.25 bits per heavy atom. The molecule has 0 aromatic heterocycles. The summed E-state index contributed by atoms with van der Waals surface area (Å²) in [6.07, 6.45) is 0.654. The van der Waals surface area contributed by atoms with Crippen molar-refractivity contribution in [2.45, 2.75) is 19.3 Å². The summed E-state index contributed by atoms with van der Waals surface area (Å²) in [6.45, 7) is 0.386. The molecule has 1 saturated heterocycles. The molecule has 6 nitrogen and oxygen atoms in total. The fourth-order valence-corrected chi connectivity index (χ4v) is 1.53. The van der Waals surface area contributed by atoms with Gasteiger partial charge in [-0.2, -0.15) is 0 Å². The number of carbonyl (C=O) groups is 3. The Morgan fingerprint density at radius 1 is 1.50 bits per heavy atom. The van der Waals surface area contributed by atoms with Crippen LogP contribution in [0.4, 0.5) is 4.79 Å². The Balaban J connectivity index is 2.15. The van der Waals surface area contributed by atoms with E-state index < -0.39 is 6.16 Å². The first-order valence-corrected chi connectivity index (χ1v) is 5.13. The van der Waals surface area contributed by atoms with E-state index in [4.69, 9.17) is 0 Å². The van der Waals surface area contributed by atoms with Crippen LogP contribution in [-0.2, 0) is 19.1 Å². The second kappa shape index (κ2) is 6.09. The number of nitrogens with one attached hydrogen (secondary N) is 1. The normalized spacial score (nSPS) is 19.1. The van der Waals surface area contributed by atoms with Gasteiger partial charge in [0.05, 0.1) is 7.11 Å². The molecule has 0 aromatic rings. The van der Waals surface area contributed by atoms with Crippen LogP contribution in [0.25, 0.3) is 0 Å². The van der Waals surface area contributed by atoms with Crippen LogP contribution in [0.2, 0.25) is 0 Å². The summed E-state index contributed by atoms with van der Waals surface area (Å²) in [7, 11) is 1.18. The minimum atomic E-state index is -0.869. The Bertz CT molecular complexity index is 289. The number of hydrogen-bond acceptors (Lipinski definition) is 5. The maximum atomic E-state index is 11.3. The van der Waals surface area contributed by atoms with E-state index in [1.807, 2.05) is 0 Å². The van der Waals surface area contributed by atoms with E-state index in [9.17, 15) is 14.4 Å². The molecule has 1 aliphatic heterocycles. The first kappa shape index (κ1) is 12.5. The van der Waals surface area contributed by atoms with Crippen LogP contribution < -0.4 is 5.32 Å². The van der Waals surface area contributed by atoms with Crippen molar-refractivity contribution < 1.29 is 23.9 Å². The Morgan fingerprint density at radius 3 is 2.81 bits per heavy atom. The van der Waals surface area contributed by atoms with Crippen molar-refractivity contribution >= 4 is 17.8 Å². The summed E-state index contributed by atoms with van der Waals surface area (Å²) >= 11 is 0. The van der Waals surface area contributed by atoms with Gasteiger partial charge >= 0.3 is 6.16 Å². The topological polar surface area (TPSA) is 81.7 Å². The van der Waals surface area contributed by atoms with Crippen molar-refractivity contribution in [3.05, 3.63) is 0 Å². The molecule has 1 fully saturated rings. The van der Waals surface area contributed by atoms with Crippen LogP contribution >= 0.6 is 0 Å². The average Bonchev–Trinajstić information content (AvgIpc) is 2.69. The highest BCUT2D eigenvalue weighted by molar-refractivity contribution is 5.83. The highest BCUT2D eigenvalue weighted by Gasteiger charge is 2.24. The number of carbonyl (C=O) groups excluding carboxylic acids is 3. The molecule has 1 heterocycles. The van der Waals surface area contributed by atoms with Gasteiger partial charge in [0.2, 0.25) is 5.91 Å². The lowest BCUT2D eigenvalue weighted by Crippen LogP contribution is -2.20. The smallest absolute Gasteiger partial charge is 0.438 e. The predicted octanol–water partition coefficient (Wildman–Crippen LogP) is 0.255. The van der Waals surface area contributed by atoms with Gasteiger partial charge < -0.3 is 14.8 Å². The molecular weight excluding hydrogens is 214 g/mol. The molecule has 0 spiro atoms. The zero-order valence-corrected chi connectivity index (χ0v) is 9.15. The molecule has 1 rings (SSSR count). The van der Waals surface area contributed by atoms with E-state index in [0.717, 1.165) is 6.42 Å². The fraction of sp³-hybridized carbons (Fsp3) is 0.700. The number of Topliss-reactive ketones (excluding diaryl/α,β-unsaturated/α-hetero) is 1. The summed E-state index contributed by atoms with van der Waals surface area (Å²) < 4.78 is 8.70. The van der Waals surface area contributed by atoms with Crippen molar-refractivity contribution in [1.29, 1.82) is 0 Å². The summed E-state index contributed by atoms with van der Waals surface area (Å²) in [4.78, 5) is 33.0.